The minimum absolute atomic E-state index is 0. The number of halogens is 2. The van der Waals surface area contributed by atoms with Gasteiger partial charge in [-0.1, -0.05) is 13.3 Å². The number of rotatable bonds is 13. The van der Waals surface area contributed by atoms with Gasteiger partial charge >= 0.3 is 0 Å². The Labute approximate surface area is 179 Å². The van der Waals surface area contributed by atoms with Crippen molar-refractivity contribution in [1.29, 1.82) is 0 Å². The summed E-state index contributed by atoms with van der Waals surface area (Å²) in [6, 6.07) is 5.69. The van der Waals surface area contributed by atoms with Gasteiger partial charge in [-0.15, -0.1) is 24.0 Å². The fraction of sp³-hybridized carbons (Fsp3) is 0.632. The van der Waals surface area contributed by atoms with Crippen molar-refractivity contribution in [3.63, 3.8) is 0 Å². The monoisotopic (exact) mass is 497 g/mol. The molecule has 0 bridgehead atoms. The van der Waals surface area contributed by atoms with Crippen LogP contribution >= 0.6 is 24.0 Å². The Hall–Kier alpha value is -1.13. The fourth-order valence-electron chi connectivity index (χ4n) is 2.04. The lowest BCUT2D eigenvalue weighted by Gasteiger charge is -2.14. The lowest BCUT2D eigenvalue weighted by molar-refractivity contribution is 0.114. The quantitative estimate of drug-likeness (QED) is 0.169. The first-order valence-electron chi connectivity index (χ1n) is 9.32. The van der Waals surface area contributed by atoms with Crippen molar-refractivity contribution in [3.05, 3.63) is 30.1 Å². The molecule has 0 heterocycles. The predicted octanol–water partition coefficient (Wildman–Crippen LogP) is 2.95. The number of unbranched alkanes of at least 4 members (excludes halogenated alkanes) is 1. The number of aliphatic hydroxyl groups excluding tert-OH is 1. The van der Waals surface area contributed by atoms with Gasteiger partial charge in [0.15, 0.2) is 5.96 Å². The standard InChI is InChI=1S/C19H32FN3O3.HI/c1-3-5-12-25-13-6-11-22-19(21-4-2)23-14-17(24)15-26-18-9-7-16(20)8-10-18;/h7-10,17,24H,3-6,11-15H2,1-2H3,(H2,21,22,23);1H. The molecule has 0 amide bonds. The van der Waals surface area contributed by atoms with Gasteiger partial charge in [0.2, 0.25) is 0 Å². The Kier molecular flexibility index (Phi) is 16.3. The SMILES string of the molecule is CCCCOCCCNC(=NCC(O)COc1ccc(F)cc1)NCC.I. The topological polar surface area (TPSA) is 75.1 Å². The highest BCUT2D eigenvalue weighted by atomic mass is 127. The molecule has 0 spiro atoms. The zero-order valence-electron chi connectivity index (χ0n) is 16.2. The minimum Gasteiger partial charge on any atom is -0.491 e. The third-order valence-electron chi connectivity index (χ3n) is 3.46. The zero-order chi connectivity index (χ0) is 19.0. The smallest absolute Gasteiger partial charge is 0.191 e. The second kappa shape index (κ2) is 17.0. The van der Waals surface area contributed by atoms with E-state index in [9.17, 15) is 9.50 Å². The van der Waals surface area contributed by atoms with Crippen LogP contribution in [0.1, 0.15) is 33.1 Å². The summed E-state index contributed by atoms with van der Waals surface area (Å²) in [5.41, 5.74) is 0. The first-order chi connectivity index (χ1) is 12.7. The van der Waals surface area contributed by atoms with Crippen molar-refractivity contribution in [2.75, 3.05) is 39.5 Å². The van der Waals surface area contributed by atoms with Crippen molar-refractivity contribution < 1.29 is 19.0 Å². The van der Waals surface area contributed by atoms with Crippen LogP contribution in [-0.4, -0.2) is 56.6 Å². The molecule has 0 aromatic heterocycles. The van der Waals surface area contributed by atoms with Crippen molar-refractivity contribution in [3.8, 4) is 5.75 Å². The van der Waals surface area contributed by atoms with Gasteiger partial charge in [0.05, 0.1) is 6.54 Å². The van der Waals surface area contributed by atoms with Crippen LogP contribution in [0.15, 0.2) is 29.3 Å². The van der Waals surface area contributed by atoms with Gasteiger partial charge in [-0.2, -0.15) is 0 Å². The summed E-state index contributed by atoms with van der Waals surface area (Å²) in [6.45, 7) is 7.46. The average molecular weight is 497 g/mol. The highest BCUT2D eigenvalue weighted by Gasteiger charge is 2.06. The van der Waals surface area contributed by atoms with E-state index in [1.54, 1.807) is 0 Å². The number of aliphatic imine (C=N–C) groups is 1. The number of ether oxygens (including phenoxy) is 2. The molecule has 0 radical (unpaired) electrons. The molecule has 1 atom stereocenters. The summed E-state index contributed by atoms with van der Waals surface area (Å²) in [7, 11) is 0. The van der Waals surface area contributed by atoms with Gasteiger partial charge in [0.25, 0.3) is 0 Å². The maximum atomic E-state index is 12.8. The second-order valence-corrected chi connectivity index (χ2v) is 5.88. The molecule has 1 aromatic rings. The van der Waals surface area contributed by atoms with Crippen LogP contribution in [0, 0.1) is 5.82 Å². The molecular formula is C19H33FIN3O3. The Balaban J connectivity index is 0.00000676. The number of nitrogens with one attached hydrogen (secondary N) is 2. The first kappa shape index (κ1) is 25.9. The molecular weight excluding hydrogens is 464 g/mol. The van der Waals surface area contributed by atoms with E-state index in [0.717, 1.165) is 45.6 Å². The summed E-state index contributed by atoms with van der Waals surface area (Å²) in [4.78, 5) is 4.35. The van der Waals surface area contributed by atoms with Crippen LogP contribution < -0.4 is 15.4 Å². The minimum atomic E-state index is -0.743. The first-order valence-corrected chi connectivity index (χ1v) is 9.32. The third kappa shape index (κ3) is 13.7. The van der Waals surface area contributed by atoms with Gasteiger partial charge in [-0.05, 0) is 44.0 Å². The summed E-state index contributed by atoms with van der Waals surface area (Å²) >= 11 is 0. The van der Waals surface area contributed by atoms with Gasteiger partial charge < -0.3 is 25.2 Å². The van der Waals surface area contributed by atoms with Crippen molar-refractivity contribution in [1.82, 2.24) is 10.6 Å². The molecule has 0 saturated carbocycles. The van der Waals surface area contributed by atoms with Gasteiger partial charge in [-0.3, -0.25) is 4.99 Å². The van der Waals surface area contributed by atoms with Crippen molar-refractivity contribution >= 4 is 29.9 Å². The predicted molar refractivity (Wildman–Crippen MR) is 118 cm³/mol. The lowest BCUT2D eigenvalue weighted by Crippen LogP contribution is -2.39. The molecule has 0 aliphatic carbocycles. The Morgan fingerprint density at radius 3 is 2.52 bits per heavy atom. The molecule has 0 aliphatic rings. The molecule has 0 aliphatic heterocycles. The number of nitrogens with zero attached hydrogens (tertiary/aromatic N) is 1. The summed E-state index contributed by atoms with van der Waals surface area (Å²) in [6.07, 6.45) is 2.38. The second-order valence-electron chi connectivity index (χ2n) is 5.88. The Morgan fingerprint density at radius 1 is 1.15 bits per heavy atom. The maximum absolute atomic E-state index is 12.8. The highest BCUT2D eigenvalue weighted by Crippen LogP contribution is 2.11. The molecule has 1 aromatic carbocycles. The van der Waals surface area contributed by atoms with Crippen LogP contribution in [-0.2, 0) is 4.74 Å². The molecule has 8 heteroatoms. The van der Waals surface area contributed by atoms with E-state index in [1.165, 1.54) is 24.3 Å². The number of guanidine groups is 1. The molecule has 0 fully saturated rings. The van der Waals surface area contributed by atoms with E-state index < -0.39 is 6.10 Å². The normalized spacial score (nSPS) is 12.2. The highest BCUT2D eigenvalue weighted by molar-refractivity contribution is 14.0. The Bertz CT molecular complexity index is 503. The summed E-state index contributed by atoms with van der Waals surface area (Å²) in [5.74, 6) is 0.851. The van der Waals surface area contributed by atoms with Gasteiger partial charge in [0, 0.05) is 26.3 Å². The van der Waals surface area contributed by atoms with Gasteiger partial charge in [-0.25, -0.2) is 4.39 Å². The van der Waals surface area contributed by atoms with Crippen molar-refractivity contribution in [2.24, 2.45) is 4.99 Å². The van der Waals surface area contributed by atoms with Crippen LogP contribution in [0.25, 0.3) is 0 Å². The van der Waals surface area contributed by atoms with E-state index in [2.05, 4.69) is 22.5 Å². The molecule has 1 rings (SSSR count). The molecule has 3 N–H and O–H groups in total. The largest absolute Gasteiger partial charge is 0.491 e. The summed E-state index contributed by atoms with van der Waals surface area (Å²) < 4.78 is 23.8. The number of hydrogen-bond donors (Lipinski definition) is 3. The van der Waals surface area contributed by atoms with E-state index in [0.29, 0.717) is 11.7 Å². The van der Waals surface area contributed by atoms with E-state index >= 15 is 0 Å². The number of aliphatic hydroxyl groups is 1. The third-order valence-corrected chi connectivity index (χ3v) is 3.46. The number of hydrogen-bond acceptors (Lipinski definition) is 4. The number of benzene rings is 1. The molecule has 1 unspecified atom stereocenters. The average Bonchev–Trinajstić information content (AvgIpc) is 2.64. The molecule has 0 saturated heterocycles. The van der Waals surface area contributed by atoms with E-state index in [4.69, 9.17) is 9.47 Å². The van der Waals surface area contributed by atoms with Crippen molar-refractivity contribution in [2.45, 2.75) is 39.2 Å². The maximum Gasteiger partial charge on any atom is 0.191 e. The molecule has 156 valence electrons. The van der Waals surface area contributed by atoms with E-state index in [-0.39, 0.29) is 42.9 Å². The summed E-state index contributed by atoms with van der Waals surface area (Å²) in [5, 5.41) is 16.3. The van der Waals surface area contributed by atoms with Crippen LogP contribution in [0.3, 0.4) is 0 Å². The molecule has 6 nitrogen and oxygen atoms in total. The van der Waals surface area contributed by atoms with Crippen LogP contribution in [0.5, 0.6) is 5.75 Å². The van der Waals surface area contributed by atoms with Gasteiger partial charge in [0.1, 0.15) is 24.3 Å². The molecule has 27 heavy (non-hydrogen) atoms. The fourth-order valence-corrected chi connectivity index (χ4v) is 2.04. The zero-order valence-corrected chi connectivity index (χ0v) is 18.6. The van der Waals surface area contributed by atoms with Crippen LogP contribution in [0.4, 0.5) is 4.39 Å². The lowest BCUT2D eigenvalue weighted by atomic mass is 10.3. The van der Waals surface area contributed by atoms with E-state index in [1.807, 2.05) is 6.92 Å². The Morgan fingerprint density at radius 2 is 1.85 bits per heavy atom. The van der Waals surface area contributed by atoms with Crippen LogP contribution in [0.2, 0.25) is 0 Å².